The fourth-order valence-electron chi connectivity index (χ4n) is 2.22. The Hall–Kier alpha value is -3.55. The smallest absolute Gasteiger partial charge is 0.318 e. The maximum absolute atomic E-state index is 11.9. The molecule has 0 radical (unpaired) electrons. The van der Waals surface area contributed by atoms with Crippen LogP contribution < -0.4 is 10.7 Å². The molecule has 0 saturated heterocycles. The van der Waals surface area contributed by atoms with Crippen LogP contribution in [0.1, 0.15) is 30.9 Å². The van der Waals surface area contributed by atoms with Gasteiger partial charge in [-0.05, 0) is 48.2 Å². The van der Waals surface area contributed by atoms with Crippen molar-refractivity contribution in [2.24, 2.45) is 5.10 Å². The molecule has 8 heteroatoms. The monoisotopic (exact) mass is 368 g/mol. The van der Waals surface area contributed by atoms with Gasteiger partial charge in [-0.2, -0.15) is 5.10 Å². The lowest BCUT2D eigenvalue weighted by atomic mass is 10.1. The first-order valence-corrected chi connectivity index (χ1v) is 8.47. The number of amides is 2. The molecule has 140 valence electrons. The molecule has 0 fully saturated rings. The highest BCUT2D eigenvalue weighted by molar-refractivity contribution is 6.39. The van der Waals surface area contributed by atoms with E-state index in [0.29, 0.717) is 11.3 Å². The maximum Gasteiger partial charge on any atom is 0.329 e. The van der Waals surface area contributed by atoms with Crippen molar-refractivity contribution in [3.8, 4) is 0 Å². The summed E-state index contributed by atoms with van der Waals surface area (Å²) in [5.41, 5.74) is 4.31. The Labute approximate surface area is 156 Å². The van der Waals surface area contributed by atoms with E-state index in [0.717, 1.165) is 19.3 Å². The van der Waals surface area contributed by atoms with Gasteiger partial charge in [-0.25, -0.2) is 5.43 Å². The molecule has 2 amide bonds. The minimum atomic E-state index is -0.914. The number of non-ortho nitro benzene ring substituents is 1. The summed E-state index contributed by atoms with van der Waals surface area (Å²) in [5, 5.41) is 16.7. The van der Waals surface area contributed by atoms with Crippen LogP contribution >= 0.6 is 0 Å². The highest BCUT2D eigenvalue weighted by atomic mass is 16.6. The van der Waals surface area contributed by atoms with Crippen LogP contribution in [0.15, 0.2) is 53.6 Å². The Morgan fingerprint density at radius 3 is 2.33 bits per heavy atom. The van der Waals surface area contributed by atoms with Crippen LogP contribution in [-0.4, -0.2) is 23.0 Å². The fourth-order valence-corrected chi connectivity index (χ4v) is 2.22. The number of nitro benzene ring substituents is 1. The number of hydrazone groups is 1. The fraction of sp³-hybridized carbons (Fsp3) is 0.211. The van der Waals surface area contributed by atoms with E-state index in [-0.39, 0.29) is 5.69 Å². The number of nitro groups is 1. The lowest BCUT2D eigenvalue weighted by Crippen LogP contribution is -2.32. The molecule has 2 rings (SSSR count). The van der Waals surface area contributed by atoms with Crippen molar-refractivity contribution in [3.05, 3.63) is 69.8 Å². The molecule has 0 saturated carbocycles. The van der Waals surface area contributed by atoms with Crippen molar-refractivity contribution in [1.82, 2.24) is 5.43 Å². The van der Waals surface area contributed by atoms with Crippen molar-refractivity contribution in [3.63, 3.8) is 0 Å². The number of rotatable bonds is 7. The van der Waals surface area contributed by atoms with Gasteiger partial charge in [0.25, 0.3) is 5.69 Å². The summed E-state index contributed by atoms with van der Waals surface area (Å²) in [6, 6.07) is 12.9. The highest BCUT2D eigenvalue weighted by Gasteiger charge is 2.12. The molecule has 0 aromatic heterocycles. The van der Waals surface area contributed by atoms with Crippen molar-refractivity contribution in [2.45, 2.75) is 26.2 Å². The van der Waals surface area contributed by atoms with Gasteiger partial charge in [0, 0.05) is 17.8 Å². The molecule has 0 aliphatic rings. The summed E-state index contributed by atoms with van der Waals surface area (Å²) in [4.78, 5) is 33.7. The van der Waals surface area contributed by atoms with Gasteiger partial charge >= 0.3 is 11.8 Å². The standard InChI is InChI=1S/C19H20N4O4/c1-2-3-4-14-5-9-16(10-6-14)21-18(24)19(25)22-20-13-15-7-11-17(12-8-15)23(26)27/h5-13H,2-4H2,1H3,(H,21,24)(H,22,25)/b20-13+. The Morgan fingerprint density at radius 1 is 1.07 bits per heavy atom. The third-order valence-electron chi connectivity index (χ3n) is 3.72. The van der Waals surface area contributed by atoms with Gasteiger partial charge in [-0.3, -0.25) is 19.7 Å². The molecule has 0 bridgehead atoms. The van der Waals surface area contributed by atoms with E-state index in [2.05, 4.69) is 22.8 Å². The summed E-state index contributed by atoms with van der Waals surface area (Å²) >= 11 is 0. The molecule has 2 N–H and O–H groups in total. The van der Waals surface area contributed by atoms with Crippen LogP contribution in [0.25, 0.3) is 0 Å². The molecule has 0 heterocycles. The summed E-state index contributed by atoms with van der Waals surface area (Å²) in [6.07, 6.45) is 4.47. The number of hydrogen-bond acceptors (Lipinski definition) is 5. The first-order valence-electron chi connectivity index (χ1n) is 8.47. The van der Waals surface area contributed by atoms with Crippen molar-refractivity contribution in [2.75, 3.05) is 5.32 Å². The number of nitrogens with one attached hydrogen (secondary N) is 2. The van der Waals surface area contributed by atoms with Crippen molar-refractivity contribution in [1.29, 1.82) is 0 Å². The van der Waals surface area contributed by atoms with Gasteiger partial charge in [0.15, 0.2) is 0 Å². The largest absolute Gasteiger partial charge is 0.329 e. The van der Waals surface area contributed by atoms with Gasteiger partial charge in [0.2, 0.25) is 0 Å². The zero-order valence-corrected chi connectivity index (χ0v) is 14.8. The summed E-state index contributed by atoms with van der Waals surface area (Å²) in [6.45, 7) is 2.12. The first kappa shape index (κ1) is 19.8. The molecule has 2 aromatic carbocycles. The van der Waals surface area contributed by atoms with Crippen LogP contribution in [0.4, 0.5) is 11.4 Å². The number of hydrogen-bond donors (Lipinski definition) is 2. The Bertz CT molecular complexity index is 830. The second kappa shape index (κ2) is 9.81. The van der Waals surface area contributed by atoms with Crippen molar-refractivity contribution < 1.29 is 14.5 Å². The van der Waals surface area contributed by atoms with Crippen LogP contribution in [0.2, 0.25) is 0 Å². The van der Waals surface area contributed by atoms with E-state index in [9.17, 15) is 19.7 Å². The molecular formula is C19H20N4O4. The number of unbranched alkanes of at least 4 members (excludes halogenated alkanes) is 1. The van der Waals surface area contributed by atoms with E-state index in [1.54, 1.807) is 12.1 Å². The van der Waals surface area contributed by atoms with Gasteiger partial charge < -0.3 is 5.32 Å². The van der Waals surface area contributed by atoms with Crippen LogP contribution in [-0.2, 0) is 16.0 Å². The number of carbonyl (C=O) groups is 2. The van der Waals surface area contributed by atoms with Crippen LogP contribution in [0.3, 0.4) is 0 Å². The maximum atomic E-state index is 11.9. The van der Waals surface area contributed by atoms with E-state index < -0.39 is 16.7 Å². The first-order chi connectivity index (χ1) is 13.0. The van der Waals surface area contributed by atoms with Gasteiger partial charge in [0.1, 0.15) is 0 Å². The molecule has 0 spiro atoms. The van der Waals surface area contributed by atoms with Gasteiger partial charge in [-0.15, -0.1) is 0 Å². The van der Waals surface area contributed by atoms with Crippen molar-refractivity contribution >= 4 is 29.4 Å². The quantitative estimate of drug-likeness (QED) is 0.338. The second-order valence-electron chi connectivity index (χ2n) is 5.80. The predicted molar refractivity (Wildman–Crippen MR) is 103 cm³/mol. The SMILES string of the molecule is CCCCc1ccc(NC(=O)C(=O)N/N=C/c2ccc([N+](=O)[O-])cc2)cc1. The number of benzene rings is 2. The minimum absolute atomic E-state index is 0.0451. The number of carbonyl (C=O) groups excluding carboxylic acids is 2. The topological polar surface area (TPSA) is 114 Å². The number of nitrogens with zero attached hydrogens (tertiary/aromatic N) is 2. The number of anilines is 1. The third-order valence-corrected chi connectivity index (χ3v) is 3.72. The van der Waals surface area contributed by atoms with E-state index in [1.165, 1.54) is 36.0 Å². The third kappa shape index (κ3) is 6.35. The summed E-state index contributed by atoms with van der Waals surface area (Å²) < 4.78 is 0. The van der Waals surface area contributed by atoms with Crippen LogP contribution in [0.5, 0.6) is 0 Å². The predicted octanol–water partition coefficient (Wildman–Crippen LogP) is 3.03. The minimum Gasteiger partial charge on any atom is -0.318 e. The van der Waals surface area contributed by atoms with Crippen LogP contribution in [0, 0.1) is 10.1 Å². The molecule has 8 nitrogen and oxygen atoms in total. The Balaban J connectivity index is 1.84. The molecule has 2 aromatic rings. The Morgan fingerprint density at radius 2 is 1.74 bits per heavy atom. The average molecular weight is 368 g/mol. The zero-order chi connectivity index (χ0) is 19.6. The molecule has 27 heavy (non-hydrogen) atoms. The molecule has 0 aliphatic heterocycles. The normalized spacial score (nSPS) is 10.6. The number of aryl methyl sites for hydroxylation is 1. The summed E-state index contributed by atoms with van der Waals surface area (Å²) in [5.74, 6) is -1.75. The Kier molecular flexibility index (Phi) is 7.18. The van der Waals surface area contributed by atoms with E-state index >= 15 is 0 Å². The molecule has 0 aliphatic carbocycles. The molecule has 0 unspecified atom stereocenters. The zero-order valence-electron chi connectivity index (χ0n) is 14.8. The average Bonchev–Trinajstić information content (AvgIpc) is 2.67. The second-order valence-corrected chi connectivity index (χ2v) is 5.80. The van der Waals surface area contributed by atoms with E-state index in [4.69, 9.17) is 0 Å². The van der Waals surface area contributed by atoms with Gasteiger partial charge in [-0.1, -0.05) is 25.5 Å². The highest BCUT2D eigenvalue weighted by Crippen LogP contribution is 2.12. The molecule has 0 atom stereocenters. The van der Waals surface area contributed by atoms with Gasteiger partial charge in [0.05, 0.1) is 11.1 Å². The lowest BCUT2D eigenvalue weighted by Gasteiger charge is -2.05. The summed E-state index contributed by atoms with van der Waals surface area (Å²) in [7, 11) is 0. The van der Waals surface area contributed by atoms with E-state index in [1.807, 2.05) is 12.1 Å². The molecular weight excluding hydrogens is 348 g/mol. The lowest BCUT2D eigenvalue weighted by molar-refractivity contribution is -0.384.